The van der Waals surface area contributed by atoms with Crippen LogP contribution in [0.5, 0.6) is 0 Å². The molecule has 0 aromatic carbocycles. The highest BCUT2D eigenvalue weighted by atomic mass is 16.5. The second kappa shape index (κ2) is 7.63. The molecule has 2 N–H and O–H groups in total. The Morgan fingerprint density at radius 3 is 2.76 bits per heavy atom. The van der Waals surface area contributed by atoms with Gasteiger partial charge in [-0.1, -0.05) is 0 Å². The number of nitrogens with zero attached hydrogens (tertiary/aromatic N) is 1. The number of nitrogens with two attached hydrogens (primary N) is 1. The van der Waals surface area contributed by atoms with Crippen LogP contribution in [-0.2, 0) is 14.3 Å². The van der Waals surface area contributed by atoms with Crippen molar-refractivity contribution >= 4 is 5.91 Å². The highest BCUT2D eigenvalue weighted by molar-refractivity contribution is 5.81. The molecule has 1 aliphatic heterocycles. The Labute approximate surface area is 103 Å². The van der Waals surface area contributed by atoms with Crippen LogP contribution < -0.4 is 5.73 Å². The summed E-state index contributed by atoms with van der Waals surface area (Å²) in [5.41, 5.74) is 5.70. The van der Waals surface area contributed by atoms with Gasteiger partial charge in [-0.05, 0) is 25.2 Å². The van der Waals surface area contributed by atoms with Crippen molar-refractivity contribution in [1.82, 2.24) is 4.90 Å². The van der Waals surface area contributed by atoms with Crippen molar-refractivity contribution in [2.24, 2.45) is 11.7 Å². The Kier molecular flexibility index (Phi) is 6.47. The van der Waals surface area contributed by atoms with Gasteiger partial charge in [-0.3, -0.25) is 4.79 Å². The molecule has 0 bridgehead atoms. The second-order valence-electron chi connectivity index (χ2n) is 4.67. The smallest absolute Gasteiger partial charge is 0.241 e. The van der Waals surface area contributed by atoms with Crippen LogP contribution in [0.2, 0.25) is 0 Å². The van der Waals surface area contributed by atoms with Crippen molar-refractivity contribution in [3.05, 3.63) is 0 Å². The lowest BCUT2D eigenvalue weighted by molar-refractivity contribution is -0.132. The highest BCUT2D eigenvalue weighted by Gasteiger charge is 2.19. The Balaban J connectivity index is 2.23. The maximum atomic E-state index is 11.8. The van der Waals surface area contributed by atoms with Crippen LogP contribution in [0.4, 0.5) is 0 Å². The number of hydrogen-bond acceptors (Lipinski definition) is 4. The average molecular weight is 244 g/mol. The molecular formula is C12H24N2O3. The van der Waals surface area contributed by atoms with Gasteiger partial charge in [-0.25, -0.2) is 0 Å². The minimum absolute atomic E-state index is 0.0427. The summed E-state index contributed by atoms with van der Waals surface area (Å²) in [5, 5.41) is 0. The van der Waals surface area contributed by atoms with E-state index in [1.807, 2.05) is 0 Å². The first kappa shape index (κ1) is 14.4. The summed E-state index contributed by atoms with van der Waals surface area (Å²) in [7, 11) is 3.35. The van der Waals surface area contributed by atoms with E-state index in [9.17, 15) is 4.79 Å². The molecular weight excluding hydrogens is 220 g/mol. The van der Waals surface area contributed by atoms with Gasteiger partial charge >= 0.3 is 0 Å². The summed E-state index contributed by atoms with van der Waals surface area (Å²) in [6, 6.07) is -0.542. The van der Waals surface area contributed by atoms with E-state index in [4.69, 9.17) is 15.2 Å². The van der Waals surface area contributed by atoms with E-state index in [1.165, 1.54) is 0 Å². The van der Waals surface area contributed by atoms with E-state index in [2.05, 4.69) is 0 Å². The molecule has 1 atom stereocenters. The first-order valence-electron chi connectivity index (χ1n) is 6.22. The summed E-state index contributed by atoms with van der Waals surface area (Å²) in [6.45, 7) is 2.75. The van der Waals surface area contributed by atoms with Gasteiger partial charge in [0.1, 0.15) is 6.04 Å². The molecule has 5 nitrogen and oxygen atoms in total. The van der Waals surface area contributed by atoms with E-state index in [0.29, 0.717) is 5.92 Å². The molecule has 1 unspecified atom stereocenters. The number of likely N-dealkylation sites (N-methyl/N-ethyl adjacent to an activating group) is 1. The molecule has 0 aromatic rings. The van der Waals surface area contributed by atoms with Gasteiger partial charge in [-0.2, -0.15) is 0 Å². The molecule has 1 saturated heterocycles. The molecule has 0 aromatic heterocycles. The summed E-state index contributed by atoms with van der Waals surface area (Å²) >= 11 is 0. The Hall–Kier alpha value is -0.650. The van der Waals surface area contributed by atoms with Crippen molar-refractivity contribution in [3.8, 4) is 0 Å². The number of methoxy groups -OCH3 is 1. The SMILES string of the molecule is COCC(N)C(=O)N(C)CCC1CCOCC1. The summed E-state index contributed by atoms with van der Waals surface area (Å²) in [5.74, 6) is 0.636. The zero-order chi connectivity index (χ0) is 12.7. The second-order valence-corrected chi connectivity index (χ2v) is 4.67. The number of carbonyl (C=O) groups is 1. The van der Waals surface area contributed by atoms with Crippen LogP contribution in [0.1, 0.15) is 19.3 Å². The van der Waals surface area contributed by atoms with Crippen molar-refractivity contribution in [2.45, 2.75) is 25.3 Å². The van der Waals surface area contributed by atoms with Crippen molar-refractivity contribution in [2.75, 3.05) is 40.5 Å². The predicted octanol–water partition coefficient (Wildman–Crippen LogP) is 0.235. The van der Waals surface area contributed by atoms with E-state index < -0.39 is 6.04 Å². The number of carbonyl (C=O) groups excluding carboxylic acids is 1. The molecule has 17 heavy (non-hydrogen) atoms. The first-order valence-corrected chi connectivity index (χ1v) is 6.22. The fourth-order valence-corrected chi connectivity index (χ4v) is 2.06. The molecule has 1 amide bonds. The quantitative estimate of drug-likeness (QED) is 0.726. The molecule has 1 rings (SSSR count). The number of ether oxygens (including phenoxy) is 2. The molecule has 5 heteroatoms. The van der Waals surface area contributed by atoms with E-state index in [-0.39, 0.29) is 12.5 Å². The monoisotopic (exact) mass is 244 g/mol. The van der Waals surface area contributed by atoms with Gasteiger partial charge < -0.3 is 20.1 Å². The fraction of sp³-hybridized carbons (Fsp3) is 0.917. The van der Waals surface area contributed by atoms with Crippen LogP contribution in [0.25, 0.3) is 0 Å². The van der Waals surface area contributed by atoms with Crippen LogP contribution in [0.3, 0.4) is 0 Å². The molecule has 0 radical (unpaired) electrons. The topological polar surface area (TPSA) is 64.8 Å². The minimum atomic E-state index is -0.542. The van der Waals surface area contributed by atoms with Gasteiger partial charge in [0.25, 0.3) is 0 Å². The van der Waals surface area contributed by atoms with E-state index in [1.54, 1.807) is 19.1 Å². The molecule has 0 spiro atoms. The van der Waals surface area contributed by atoms with Gasteiger partial charge in [0.05, 0.1) is 6.61 Å². The number of amides is 1. The lowest BCUT2D eigenvalue weighted by atomic mass is 9.96. The largest absolute Gasteiger partial charge is 0.383 e. The van der Waals surface area contributed by atoms with Gasteiger partial charge in [0, 0.05) is 33.9 Å². The predicted molar refractivity (Wildman–Crippen MR) is 65.6 cm³/mol. The molecule has 1 fully saturated rings. The lowest BCUT2D eigenvalue weighted by Gasteiger charge is -2.26. The van der Waals surface area contributed by atoms with Crippen molar-refractivity contribution < 1.29 is 14.3 Å². The Bertz CT molecular complexity index is 230. The zero-order valence-corrected chi connectivity index (χ0v) is 10.9. The van der Waals surface area contributed by atoms with Gasteiger partial charge in [-0.15, -0.1) is 0 Å². The van der Waals surface area contributed by atoms with Crippen LogP contribution in [0, 0.1) is 5.92 Å². The maximum absolute atomic E-state index is 11.8. The third-order valence-electron chi connectivity index (χ3n) is 3.25. The first-order chi connectivity index (χ1) is 8.15. The molecule has 0 aliphatic carbocycles. The third kappa shape index (κ3) is 5.02. The summed E-state index contributed by atoms with van der Waals surface area (Å²) in [6.07, 6.45) is 3.24. The van der Waals surface area contributed by atoms with Crippen molar-refractivity contribution in [3.63, 3.8) is 0 Å². The fourth-order valence-electron chi connectivity index (χ4n) is 2.06. The highest BCUT2D eigenvalue weighted by Crippen LogP contribution is 2.18. The van der Waals surface area contributed by atoms with E-state index >= 15 is 0 Å². The normalized spacial score (nSPS) is 19.0. The van der Waals surface area contributed by atoms with Crippen LogP contribution in [0.15, 0.2) is 0 Å². The third-order valence-corrected chi connectivity index (χ3v) is 3.25. The molecule has 100 valence electrons. The average Bonchev–Trinajstić information content (AvgIpc) is 2.36. The maximum Gasteiger partial charge on any atom is 0.241 e. The van der Waals surface area contributed by atoms with Crippen LogP contribution >= 0.6 is 0 Å². The molecule has 1 aliphatic rings. The van der Waals surface area contributed by atoms with Crippen LogP contribution in [-0.4, -0.2) is 57.4 Å². The van der Waals surface area contributed by atoms with Crippen molar-refractivity contribution in [1.29, 1.82) is 0 Å². The number of hydrogen-bond donors (Lipinski definition) is 1. The van der Waals surface area contributed by atoms with E-state index in [0.717, 1.165) is 39.0 Å². The molecule has 0 saturated carbocycles. The lowest BCUT2D eigenvalue weighted by Crippen LogP contribution is -2.45. The standard InChI is InChI=1S/C12H24N2O3/c1-14(12(15)11(13)9-16-2)6-3-10-4-7-17-8-5-10/h10-11H,3-9,13H2,1-2H3. The number of rotatable bonds is 6. The molecule has 1 heterocycles. The zero-order valence-electron chi connectivity index (χ0n) is 10.9. The Morgan fingerprint density at radius 2 is 2.18 bits per heavy atom. The summed E-state index contributed by atoms with van der Waals surface area (Å²) in [4.78, 5) is 13.5. The Morgan fingerprint density at radius 1 is 1.53 bits per heavy atom. The minimum Gasteiger partial charge on any atom is -0.383 e. The summed E-state index contributed by atoms with van der Waals surface area (Å²) < 4.78 is 10.2. The van der Waals surface area contributed by atoms with Gasteiger partial charge in [0.2, 0.25) is 5.91 Å². The van der Waals surface area contributed by atoms with Gasteiger partial charge in [0.15, 0.2) is 0 Å².